The quantitative estimate of drug-likeness (QED) is 0.750. The van der Waals surface area contributed by atoms with Crippen LogP contribution in [-0.2, 0) is 9.59 Å². The third-order valence-electron chi connectivity index (χ3n) is 3.48. The molecule has 4 nitrogen and oxygen atoms in total. The van der Waals surface area contributed by atoms with Gasteiger partial charge in [-0.3, -0.25) is 9.59 Å². The molecule has 1 fully saturated rings. The first-order valence-electron chi connectivity index (χ1n) is 5.45. The fourth-order valence-corrected chi connectivity index (χ4v) is 1.91. The van der Waals surface area contributed by atoms with Crippen molar-refractivity contribution in [2.24, 2.45) is 11.3 Å². The first-order valence-corrected chi connectivity index (χ1v) is 5.45. The predicted octanol–water partition coefficient (Wildman–Crippen LogP) is 1.36. The molecule has 0 spiro atoms. The Morgan fingerprint density at radius 1 is 1.47 bits per heavy atom. The number of carboxylic acid groups (broad SMARTS) is 1. The van der Waals surface area contributed by atoms with E-state index in [0.29, 0.717) is 6.54 Å². The van der Waals surface area contributed by atoms with Crippen molar-refractivity contribution in [1.29, 1.82) is 0 Å². The lowest BCUT2D eigenvalue weighted by Gasteiger charge is -2.19. The fourth-order valence-electron chi connectivity index (χ4n) is 1.91. The summed E-state index contributed by atoms with van der Waals surface area (Å²) < 4.78 is 0. The minimum atomic E-state index is -0.941. The molecule has 1 saturated carbocycles. The van der Waals surface area contributed by atoms with Gasteiger partial charge >= 0.3 is 5.97 Å². The minimum absolute atomic E-state index is 0.00394. The molecular weight excluding hydrogens is 194 g/mol. The van der Waals surface area contributed by atoms with Crippen LogP contribution in [0.2, 0.25) is 0 Å². The van der Waals surface area contributed by atoms with E-state index < -0.39 is 5.97 Å². The lowest BCUT2D eigenvalue weighted by molar-refractivity contribution is -0.145. The standard InChI is InChI=1S/C11H19NO3/c1-4-11(3)6-8(11)10(15)12(5-2)7-9(13)14/h8H,4-7H2,1-3H3,(H,13,14). The average molecular weight is 213 g/mol. The summed E-state index contributed by atoms with van der Waals surface area (Å²) in [5, 5.41) is 8.66. The van der Waals surface area contributed by atoms with Gasteiger partial charge < -0.3 is 10.0 Å². The smallest absolute Gasteiger partial charge is 0.323 e. The molecule has 1 rings (SSSR count). The number of hydrogen-bond donors (Lipinski definition) is 1. The van der Waals surface area contributed by atoms with E-state index in [-0.39, 0.29) is 23.8 Å². The van der Waals surface area contributed by atoms with Crippen LogP contribution >= 0.6 is 0 Å². The van der Waals surface area contributed by atoms with Crippen molar-refractivity contribution >= 4 is 11.9 Å². The van der Waals surface area contributed by atoms with Crippen LogP contribution in [0.5, 0.6) is 0 Å². The number of carboxylic acids is 1. The number of amides is 1. The Hall–Kier alpha value is -1.06. The summed E-state index contributed by atoms with van der Waals surface area (Å²) in [4.78, 5) is 23.9. The molecule has 86 valence electrons. The number of carbonyl (C=O) groups is 2. The van der Waals surface area contributed by atoms with Crippen LogP contribution in [0.25, 0.3) is 0 Å². The second-order valence-corrected chi connectivity index (χ2v) is 4.51. The highest BCUT2D eigenvalue weighted by molar-refractivity contribution is 5.85. The summed E-state index contributed by atoms with van der Waals surface area (Å²) in [6, 6.07) is 0. The number of rotatable bonds is 5. The summed E-state index contributed by atoms with van der Waals surface area (Å²) in [5.74, 6) is -0.893. The molecule has 0 saturated heterocycles. The summed E-state index contributed by atoms with van der Waals surface area (Å²) in [6.45, 7) is 6.27. The molecule has 2 atom stereocenters. The maximum Gasteiger partial charge on any atom is 0.323 e. The molecule has 1 aliphatic carbocycles. The number of carbonyl (C=O) groups excluding carboxylic acids is 1. The van der Waals surface area contributed by atoms with Gasteiger partial charge in [0.15, 0.2) is 0 Å². The number of likely N-dealkylation sites (N-methyl/N-ethyl adjacent to an activating group) is 1. The Labute approximate surface area is 90.3 Å². The topological polar surface area (TPSA) is 57.6 Å². The zero-order chi connectivity index (χ0) is 11.6. The molecule has 0 aromatic carbocycles. The molecule has 0 aromatic rings. The van der Waals surface area contributed by atoms with Gasteiger partial charge in [0.1, 0.15) is 6.54 Å². The second kappa shape index (κ2) is 4.21. The zero-order valence-electron chi connectivity index (χ0n) is 9.62. The molecule has 0 aromatic heterocycles. The Morgan fingerprint density at radius 3 is 2.40 bits per heavy atom. The molecule has 0 aliphatic heterocycles. The van der Waals surface area contributed by atoms with E-state index in [0.717, 1.165) is 12.8 Å². The summed E-state index contributed by atoms with van der Waals surface area (Å²) in [5.41, 5.74) is 0.114. The van der Waals surface area contributed by atoms with E-state index in [2.05, 4.69) is 13.8 Å². The van der Waals surface area contributed by atoms with Crippen LogP contribution in [0, 0.1) is 11.3 Å². The Balaban J connectivity index is 2.56. The normalized spacial score (nSPS) is 28.6. The highest BCUT2D eigenvalue weighted by atomic mass is 16.4. The number of aliphatic carboxylic acids is 1. The molecule has 15 heavy (non-hydrogen) atoms. The van der Waals surface area contributed by atoms with Crippen LogP contribution in [0.15, 0.2) is 0 Å². The maximum absolute atomic E-state index is 11.9. The van der Waals surface area contributed by atoms with Crippen molar-refractivity contribution in [2.75, 3.05) is 13.1 Å². The minimum Gasteiger partial charge on any atom is -0.480 e. The summed E-state index contributed by atoms with van der Waals surface area (Å²) in [6.07, 6.45) is 1.88. The van der Waals surface area contributed by atoms with E-state index in [1.165, 1.54) is 4.90 Å². The van der Waals surface area contributed by atoms with Crippen molar-refractivity contribution in [2.45, 2.75) is 33.6 Å². The van der Waals surface area contributed by atoms with E-state index in [9.17, 15) is 9.59 Å². The van der Waals surface area contributed by atoms with Crippen molar-refractivity contribution < 1.29 is 14.7 Å². The highest BCUT2D eigenvalue weighted by Gasteiger charge is 2.54. The van der Waals surface area contributed by atoms with Crippen LogP contribution in [-0.4, -0.2) is 35.0 Å². The maximum atomic E-state index is 11.9. The van der Waals surface area contributed by atoms with Crippen LogP contribution in [0.4, 0.5) is 0 Å². The Bertz CT molecular complexity index is 277. The lowest BCUT2D eigenvalue weighted by Crippen LogP contribution is -2.37. The highest BCUT2D eigenvalue weighted by Crippen LogP contribution is 2.55. The van der Waals surface area contributed by atoms with Crippen LogP contribution in [0.3, 0.4) is 0 Å². The molecular formula is C11H19NO3. The van der Waals surface area contributed by atoms with Gasteiger partial charge in [0.2, 0.25) is 5.91 Å². The molecule has 1 amide bonds. The third kappa shape index (κ3) is 2.49. The molecule has 1 aliphatic rings. The van der Waals surface area contributed by atoms with Gasteiger partial charge in [-0.1, -0.05) is 13.8 Å². The van der Waals surface area contributed by atoms with Gasteiger partial charge in [-0.05, 0) is 25.2 Å². The summed E-state index contributed by atoms with van der Waals surface area (Å²) >= 11 is 0. The van der Waals surface area contributed by atoms with Gasteiger partial charge in [-0.25, -0.2) is 0 Å². The summed E-state index contributed by atoms with van der Waals surface area (Å²) in [7, 11) is 0. The van der Waals surface area contributed by atoms with Crippen molar-refractivity contribution in [1.82, 2.24) is 4.90 Å². The largest absolute Gasteiger partial charge is 0.480 e. The monoisotopic (exact) mass is 213 g/mol. The average Bonchev–Trinajstić information content (AvgIpc) is 2.87. The number of nitrogens with zero attached hydrogens (tertiary/aromatic N) is 1. The Morgan fingerprint density at radius 2 is 2.07 bits per heavy atom. The molecule has 0 radical (unpaired) electrons. The molecule has 1 N–H and O–H groups in total. The lowest BCUT2D eigenvalue weighted by atomic mass is 10.0. The second-order valence-electron chi connectivity index (χ2n) is 4.51. The van der Waals surface area contributed by atoms with Crippen LogP contribution < -0.4 is 0 Å². The van der Waals surface area contributed by atoms with Gasteiger partial charge in [0, 0.05) is 12.5 Å². The SMILES string of the molecule is CCN(CC(=O)O)C(=O)C1CC1(C)CC. The van der Waals surface area contributed by atoms with E-state index >= 15 is 0 Å². The molecule has 4 heteroatoms. The number of hydrogen-bond acceptors (Lipinski definition) is 2. The third-order valence-corrected chi connectivity index (χ3v) is 3.48. The first-order chi connectivity index (χ1) is 6.94. The van der Waals surface area contributed by atoms with Crippen LogP contribution in [0.1, 0.15) is 33.6 Å². The van der Waals surface area contributed by atoms with Crippen molar-refractivity contribution in [3.05, 3.63) is 0 Å². The van der Waals surface area contributed by atoms with Gasteiger partial charge in [-0.2, -0.15) is 0 Å². The van der Waals surface area contributed by atoms with Gasteiger partial charge in [0.05, 0.1) is 0 Å². The molecule has 0 bridgehead atoms. The van der Waals surface area contributed by atoms with Crippen molar-refractivity contribution in [3.63, 3.8) is 0 Å². The fraction of sp³-hybridized carbons (Fsp3) is 0.818. The Kier molecular flexibility index (Phi) is 3.37. The first kappa shape index (κ1) is 12.0. The van der Waals surface area contributed by atoms with E-state index in [1.54, 1.807) is 0 Å². The van der Waals surface area contributed by atoms with Gasteiger partial charge in [0.25, 0.3) is 0 Å². The van der Waals surface area contributed by atoms with Gasteiger partial charge in [-0.15, -0.1) is 0 Å². The van der Waals surface area contributed by atoms with Crippen molar-refractivity contribution in [3.8, 4) is 0 Å². The molecule has 2 unspecified atom stereocenters. The van der Waals surface area contributed by atoms with E-state index in [4.69, 9.17) is 5.11 Å². The van der Waals surface area contributed by atoms with E-state index in [1.807, 2.05) is 6.92 Å². The molecule has 0 heterocycles. The predicted molar refractivity (Wildman–Crippen MR) is 56.4 cm³/mol. The zero-order valence-corrected chi connectivity index (χ0v) is 9.62.